The molecule has 1 saturated carbocycles. The molecule has 36 heavy (non-hydrogen) atoms. The number of carbonyl (C=O) groups excluding carboxylic acids is 1. The summed E-state index contributed by atoms with van der Waals surface area (Å²) in [5.74, 6) is 0.856. The van der Waals surface area contributed by atoms with Crippen molar-refractivity contribution in [3.8, 4) is 11.1 Å². The topological polar surface area (TPSA) is 81.1 Å². The minimum Gasteiger partial charge on any atom is -0.444 e. The molecule has 1 aliphatic rings. The number of benzene rings is 1. The van der Waals surface area contributed by atoms with E-state index < -0.39 is 5.60 Å². The standard InChI is InChI=1S/C28H38FN5O2/c1-5-6-15-30-26-31-16-23-24(20-9-11-21(29)12-10-20)18-34(25(23)33-26)17-19-7-13-22(14-8-19)32-27(35)36-28(2,3)4/h9-12,16,18-19,22H,5-8,13-15,17H2,1-4H3,(H,32,35)(H,30,31,33)/t19-,22-. The van der Waals surface area contributed by atoms with E-state index in [1.807, 2.05) is 27.0 Å². The van der Waals surface area contributed by atoms with E-state index >= 15 is 0 Å². The number of fused-ring (bicyclic) bond motifs is 1. The fourth-order valence-corrected chi connectivity index (χ4v) is 4.77. The minimum absolute atomic E-state index is 0.143. The Morgan fingerprint density at radius 3 is 2.56 bits per heavy atom. The summed E-state index contributed by atoms with van der Waals surface area (Å²) in [6, 6.07) is 6.71. The minimum atomic E-state index is -0.495. The summed E-state index contributed by atoms with van der Waals surface area (Å²) in [4.78, 5) is 21.6. The van der Waals surface area contributed by atoms with Crippen molar-refractivity contribution in [2.45, 2.75) is 84.4 Å². The highest BCUT2D eigenvalue weighted by Crippen LogP contribution is 2.33. The van der Waals surface area contributed by atoms with Gasteiger partial charge in [0.05, 0.1) is 0 Å². The van der Waals surface area contributed by atoms with Gasteiger partial charge >= 0.3 is 6.09 Å². The Morgan fingerprint density at radius 1 is 1.17 bits per heavy atom. The fraction of sp³-hybridized carbons (Fsp3) is 0.536. The molecule has 0 saturated heterocycles. The molecule has 2 N–H and O–H groups in total. The number of amides is 1. The summed E-state index contributed by atoms with van der Waals surface area (Å²) in [5, 5.41) is 7.31. The first-order valence-electron chi connectivity index (χ1n) is 13.1. The van der Waals surface area contributed by atoms with Gasteiger partial charge in [0.1, 0.15) is 17.1 Å². The van der Waals surface area contributed by atoms with Crippen molar-refractivity contribution in [3.05, 3.63) is 42.5 Å². The lowest BCUT2D eigenvalue weighted by Gasteiger charge is -2.30. The van der Waals surface area contributed by atoms with E-state index in [2.05, 4.69) is 33.3 Å². The van der Waals surface area contributed by atoms with Gasteiger partial charge in [0.2, 0.25) is 5.95 Å². The highest BCUT2D eigenvalue weighted by atomic mass is 19.1. The summed E-state index contributed by atoms with van der Waals surface area (Å²) in [6.07, 6.45) is 9.68. The molecule has 7 nitrogen and oxygen atoms in total. The lowest BCUT2D eigenvalue weighted by molar-refractivity contribution is 0.0486. The summed E-state index contributed by atoms with van der Waals surface area (Å²) in [6.45, 7) is 9.45. The van der Waals surface area contributed by atoms with Crippen molar-refractivity contribution in [3.63, 3.8) is 0 Å². The quantitative estimate of drug-likeness (QED) is 0.347. The third kappa shape index (κ3) is 6.74. The molecule has 0 bridgehead atoms. The van der Waals surface area contributed by atoms with Crippen LogP contribution in [0.1, 0.15) is 66.2 Å². The molecule has 1 amide bonds. The van der Waals surface area contributed by atoms with E-state index in [9.17, 15) is 9.18 Å². The Kier molecular flexibility index (Phi) is 8.11. The van der Waals surface area contributed by atoms with E-state index in [-0.39, 0.29) is 18.0 Å². The molecule has 0 spiro atoms. The average Bonchev–Trinajstić information content (AvgIpc) is 3.17. The number of hydrogen-bond acceptors (Lipinski definition) is 5. The Hall–Kier alpha value is -3.16. The number of aromatic nitrogens is 3. The van der Waals surface area contributed by atoms with E-state index in [0.29, 0.717) is 11.9 Å². The van der Waals surface area contributed by atoms with Crippen molar-refractivity contribution in [1.29, 1.82) is 0 Å². The highest BCUT2D eigenvalue weighted by molar-refractivity contribution is 5.94. The van der Waals surface area contributed by atoms with Gasteiger partial charge in [0.15, 0.2) is 0 Å². The molecule has 3 aromatic rings. The van der Waals surface area contributed by atoms with Gasteiger partial charge in [-0.3, -0.25) is 0 Å². The summed E-state index contributed by atoms with van der Waals surface area (Å²) < 4.78 is 21.2. The molecule has 194 valence electrons. The molecule has 0 radical (unpaired) electrons. The first-order chi connectivity index (χ1) is 17.2. The second kappa shape index (κ2) is 11.3. The van der Waals surface area contributed by atoms with Crippen LogP contribution in [0.4, 0.5) is 15.1 Å². The van der Waals surface area contributed by atoms with Gasteiger partial charge in [-0.2, -0.15) is 4.98 Å². The van der Waals surface area contributed by atoms with Gasteiger partial charge in [-0.05, 0) is 76.5 Å². The monoisotopic (exact) mass is 495 g/mol. The molecular formula is C28H38FN5O2. The molecule has 1 aromatic carbocycles. The van der Waals surface area contributed by atoms with Crippen LogP contribution in [0.2, 0.25) is 0 Å². The number of carbonyl (C=O) groups is 1. The fourth-order valence-electron chi connectivity index (χ4n) is 4.77. The van der Waals surface area contributed by atoms with Crippen LogP contribution >= 0.6 is 0 Å². The van der Waals surface area contributed by atoms with Gasteiger partial charge in [-0.1, -0.05) is 25.5 Å². The van der Waals surface area contributed by atoms with Crippen LogP contribution < -0.4 is 10.6 Å². The van der Waals surface area contributed by atoms with Crippen LogP contribution in [0.15, 0.2) is 36.7 Å². The van der Waals surface area contributed by atoms with Crippen molar-refractivity contribution in [2.75, 3.05) is 11.9 Å². The number of anilines is 1. The molecule has 1 aliphatic carbocycles. The van der Waals surface area contributed by atoms with Crippen LogP contribution in [0.3, 0.4) is 0 Å². The first kappa shape index (κ1) is 25.9. The van der Waals surface area contributed by atoms with Crippen molar-refractivity contribution < 1.29 is 13.9 Å². The number of unbranched alkanes of at least 4 members (excludes halogenated alkanes) is 1. The summed E-state index contributed by atoms with van der Waals surface area (Å²) >= 11 is 0. The summed E-state index contributed by atoms with van der Waals surface area (Å²) in [7, 11) is 0. The maximum atomic E-state index is 13.6. The number of hydrogen-bond donors (Lipinski definition) is 2. The van der Waals surface area contributed by atoms with Gasteiger partial charge in [-0.25, -0.2) is 14.2 Å². The van der Waals surface area contributed by atoms with Crippen LogP contribution in [0, 0.1) is 11.7 Å². The number of halogens is 1. The molecule has 1 fully saturated rings. The smallest absolute Gasteiger partial charge is 0.407 e. The number of ether oxygens (including phenoxy) is 1. The van der Waals surface area contributed by atoms with E-state index in [0.717, 1.165) is 73.8 Å². The zero-order valence-corrected chi connectivity index (χ0v) is 21.8. The Morgan fingerprint density at radius 2 is 1.89 bits per heavy atom. The van der Waals surface area contributed by atoms with Crippen LogP contribution in [0.25, 0.3) is 22.2 Å². The highest BCUT2D eigenvalue weighted by Gasteiger charge is 2.26. The molecular weight excluding hydrogens is 457 g/mol. The number of rotatable bonds is 8. The lowest BCUT2D eigenvalue weighted by Crippen LogP contribution is -2.41. The van der Waals surface area contributed by atoms with Crippen LogP contribution in [0.5, 0.6) is 0 Å². The van der Waals surface area contributed by atoms with Gasteiger partial charge in [0, 0.05) is 42.5 Å². The number of nitrogens with zero attached hydrogens (tertiary/aromatic N) is 3. The Labute approximate surface area is 212 Å². The zero-order chi connectivity index (χ0) is 25.7. The largest absolute Gasteiger partial charge is 0.444 e. The van der Waals surface area contributed by atoms with Gasteiger partial charge in [-0.15, -0.1) is 0 Å². The van der Waals surface area contributed by atoms with Crippen molar-refractivity contribution in [2.24, 2.45) is 5.92 Å². The molecule has 0 atom stereocenters. The zero-order valence-electron chi connectivity index (χ0n) is 21.8. The SMILES string of the molecule is CCCCNc1ncc2c(-c3ccc(F)cc3)cn(C[C@H]3CC[C@H](NC(=O)OC(C)(C)C)CC3)c2n1. The molecule has 2 aromatic heterocycles. The second-order valence-electron chi connectivity index (χ2n) is 10.8. The van der Waals surface area contributed by atoms with Gasteiger partial charge in [0.25, 0.3) is 0 Å². The average molecular weight is 496 g/mol. The molecule has 4 rings (SSSR count). The number of nitrogens with one attached hydrogen (secondary N) is 2. The molecule has 8 heteroatoms. The Bertz CT molecular complexity index is 1160. The van der Waals surface area contributed by atoms with Crippen molar-refractivity contribution in [1.82, 2.24) is 19.9 Å². The molecule has 0 unspecified atom stereocenters. The van der Waals surface area contributed by atoms with E-state index in [1.54, 1.807) is 12.1 Å². The van der Waals surface area contributed by atoms with Gasteiger partial charge < -0.3 is 19.9 Å². The first-order valence-corrected chi connectivity index (χ1v) is 13.1. The number of alkyl carbamates (subject to hydrolysis) is 1. The normalized spacial score (nSPS) is 18.2. The maximum absolute atomic E-state index is 13.6. The predicted octanol–water partition coefficient (Wildman–Crippen LogP) is 6.53. The second-order valence-corrected chi connectivity index (χ2v) is 10.8. The van der Waals surface area contributed by atoms with Crippen molar-refractivity contribution >= 4 is 23.1 Å². The Balaban J connectivity index is 1.50. The maximum Gasteiger partial charge on any atom is 0.407 e. The lowest BCUT2D eigenvalue weighted by atomic mass is 9.86. The molecule has 0 aliphatic heterocycles. The van der Waals surface area contributed by atoms with E-state index in [4.69, 9.17) is 9.72 Å². The third-order valence-corrected chi connectivity index (χ3v) is 6.61. The summed E-state index contributed by atoms with van der Waals surface area (Å²) in [5.41, 5.74) is 2.34. The van der Waals surface area contributed by atoms with Crippen LogP contribution in [-0.4, -0.2) is 38.8 Å². The van der Waals surface area contributed by atoms with E-state index in [1.165, 1.54) is 12.1 Å². The third-order valence-electron chi connectivity index (χ3n) is 6.61. The predicted molar refractivity (Wildman–Crippen MR) is 141 cm³/mol. The molecule has 2 heterocycles. The van der Waals surface area contributed by atoms with Crippen LogP contribution in [-0.2, 0) is 11.3 Å².